The molecule has 0 aromatic carbocycles. The zero-order valence-corrected chi connectivity index (χ0v) is 7.38. The topological polar surface area (TPSA) is 24.9 Å². The molecule has 1 heterocycles. The molecule has 0 fully saturated rings. The Morgan fingerprint density at radius 2 is 2.50 bits per heavy atom. The number of pyridine rings is 1. The van der Waals surface area contributed by atoms with Crippen LogP contribution >= 0.6 is 0 Å². The van der Waals surface area contributed by atoms with Gasteiger partial charge in [0.25, 0.3) is 0 Å². The third-order valence-electron chi connectivity index (χ3n) is 1.48. The maximum atomic E-state index is 4.02. The van der Waals surface area contributed by atoms with E-state index in [0.29, 0.717) is 0 Å². The molecule has 0 aliphatic carbocycles. The van der Waals surface area contributed by atoms with E-state index in [1.807, 2.05) is 19.2 Å². The second-order valence-corrected chi connectivity index (χ2v) is 2.92. The van der Waals surface area contributed by atoms with Crippen molar-refractivity contribution in [1.29, 1.82) is 0 Å². The summed E-state index contributed by atoms with van der Waals surface area (Å²) in [4.78, 5) is 4.02. The average molecular weight is 162 g/mol. The molecule has 0 saturated heterocycles. The highest BCUT2D eigenvalue weighted by atomic mass is 14.8. The van der Waals surface area contributed by atoms with Gasteiger partial charge in [0.2, 0.25) is 0 Å². The monoisotopic (exact) mass is 162 g/mol. The Balaban J connectivity index is 2.29. The second-order valence-electron chi connectivity index (χ2n) is 2.92. The Morgan fingerprint density at radius 3 is 3.08 bits per heavy atom. The van der Waals surface area contributed by atoms with Crippen molar-refractivity contribution < 1.29 is 0 Å². The lowest BCUT2D eigenvalue weighted by Crippen LogP contribution is -2.15. The fraction of sp³-hybridized carbons (Fsp3) is 0.300. The standard InChI is InChI=1S/C10H14N2/c1-9(2)6-12-8-10-4-3-5-11-7-10/h3-5,7,12H,1,6,8H2,2H3. The molecule has 0 bridgehead atoms. The van der Waals surface area contributed by atoms with E-state index in [4.69, 9.17) is 0 Å². The molecular weight excluding hydrogens is 148 g/mol. The molecule has 0 aliphatic heterocycles. The highest BCUT2D eigenvalue weighted by molar-refractivity contribution is 5.08. The predicted octanol–water partition coefficient (Wildman–Crippen LogP) is 1.75. The molecule has 2 heteroatoms. The zero-order valence-electron chi connectivity index (χ0n) is 7.38. The van der Waals surface area contributed by atoms with Crippen LogP contribution in [-0.2, 0) is 6.54 Å². The molecule has 0 radical (unpaired) electrons. The minimum absolute atomic E-state index is 0.862. The maximum Gasteiger partial charge on any atom is 0.0312 e. The molecule has 0 amide bonds. The molecule has 0 atom stereocenters. The van der Waals surface area contributed by atoms with Gasteiger partial charge in [-0.2, -0.15) is 0 Å². The van der Waals surface area contributed by atoms with Gasteiger partial charge in [0.1, 0.15) is 0 Å². The number of rotatable bonds is 4. The van der Waals surface area contributed by atoms with E-state index in [0.717, 1.165) is 18.7 Å². The smallest absolute Gasteiger partial charge is 0.0312 e. The van der Waals surface area contributed by atoms with E-state index >= 15 is 0 Å². The largest absolute Gasteiger partial charge is 0.309 e. The predicted molar refractivity (Wildman–Crippen MR) is 50.8 cm³/mol. The van der Waals surface area contributed by atoms with Crippen molar-refractivity contribution in [3.63, 3.8) is 0 Å². The van der Waals surface area contributed by atoms with E-state index in [1.54, 1.807) is 6.20 Å². The summed E-state index contributed by atoms with van der Waals surface area (Å²) in [6, 6.07) is 4.00. The van der Waals surface area contributed by atoms with Crippen molar-refractivity contribution in [3.05, 3.63) is 42.2 Å². The number of hydrogen-bond donors (Lipinski definition) is 1. The Hall–Kier alpha value is -1.15. The van der Waals surface area contributed by atoms with Crippen LogP contribution in [0, 0.1) is 0 Å². The van der Waals surface area contributed by atoms with Crippen molar-refractivity contribution in [1.82, 2.24) is 10.3 Å². The molecule has 1 aromatic heterocycles. The summed E-state index contributed by atoms with van der Waals surface area (Å²) in [5.41, 5.74) is 2.36. The Bertz CT molecular complexity index is 241. The molecule has 1 N–H and O–H groups in total. The average Bonchev–Trinajstić information content (AvgIpc) is 2.05. The lowest BCUT2D eigenvalue weighted by molar-refractivity contribution is 0.738. The SMILES string of the molecule is C=C(C)CNCc1cccnc1. The van der Waals surface area contributed by atoms with Crippen LogP contribution in [0.2, 0.25) is 0 Å². The van der Waals surface area contributed by atoms with Crippen LogP contribution in [0.4, 0.5) is 0 Å². The van der Waals surface area contributed by atoms with Gasteiger partial charge in [-0.1, -0.05) is 18.2 Å². The van der Waals surface area contributed by atoms with Crippen molar-refractivity contribution in [2.24, 2.45) is 0 Å². The summed E-state index contributed by atoms with van der Waals surface area (Å²) >= 11 is 0. The van der Waals surface area contributed by atoms with E-state index in [9.17, 15) is 0 Å². The summed E-state index contributed by atoms with van der Waals surface area (Å²) in [5, 5.41) is 3.26. The van der Waals surface area contributed by atoms with Crippen LogP contribution in [0.25, 0.3) is 0 Å². The fourth-order valence-corrected chi connectivity index (χ4v) is 0.923. The molecule has 0 spiro atoms. The van der Waals surface area contributed by atoms with Gasteiger partial charge in [-0.3, -0.25) is 4.98 Å². The molecule has 2 nitrogen and oxygen atoms in total. The number of nitrogens with zero attached hydrogens (tertiary/aromatic N) is 1. The molecule has 0 aliphatic rings. The third-order valence-corrected chi connectivity index (χ3v) is 1.48. The molecule has 12 heavy (non-hydrogen) atoms. The van der Waals surface area contributed by atoms with Crippen molar-refractivity contribution in [2.45, 2.75) is 13.5 Å². The molecule has 0 unspecified atom stereocenters. The van der Waals surface area contributed by atoms with Gasteiger partial charge in [-0.05, 0) is 18.6 Å². The second kappa shape index (κ2) is 4.67. The maximum absolute atomic E-state index is 4.02. The van der Waals surface area contributed by atoms with Crippen LogP contribution in [0.1, 0.15) is 12.5 Å². The van der Waals surface area contributed by atoms with E-state index in [2.05, 4.69) is 22.9 Å². The summed E-state index contributed by atoms with van der Waals surface area (Å²) in [7, 11) is 0. The molecular formula is C10H14N2. The number of aromatic nitrogens is 1. The quantitative estimate of drug-likeness (QED) is 0.682. The van der Waals surface area contributed by atoms with Crippen molar-refractivity contribution in [2.75, 3.05) is 6.54 Å². The van der Waals surface area contributed by atoms with E-state index in [-0.39, 0.29) is 0 Å². The Labute approximate surface area is 73.3 Å². The van der Waals surface area contributed by atoms with Crippen molar-refractivity contribution in [3.8, 4) is 0 Å². The fourth-order valence-electron chi connectivity index (χ4n) is 0.923. The first-order valence-electron chi connectivity index (χ1n) is 4.03. The number of nitrogens with one attached hydrogen (secondary N) is 1. The van der Waals surface area contributed by atoms with Crippen LogP contribution in [-0.4, -0.2) is 11.5 Å². The first-order chi connectivity index (χ1) is 5.79. The van der Waals surface area contributed by atoms with Gasteiger partial charge < -0.3 is 5.32 Å². The van der Waals surface area contributed by atoms with Crippen molar-refractivity contribution >= 4 is 0 Å². The first-order valence-corrected chi connectivity index (χ1v) is 4.03. The summed E-state index contributed by atoms with van der Waals surface area (Å²) < 4.78 is 0. The molecule has 1 aromatic rings. The van der Waals surface area contributed by atoms with E-state index in [1.165, 1.54) is 5.56 Å². The zero-order chi connectivity index (χ0) is 8.81. The van der Waals surface area contributed by atoms with Crippen LogP contribution in [0.3, 0.4) is 0 Å². The lowest BCUT2D eigenvalue weighted by atomic mass is 10.3. The summed E-state index contributed by atoms with van der Waals surface area (Å²) in [6.07, 6.45) is 3.65. The van der Waals surface area contributed by atoms with Crippen LogP contribution in [0.15, 0.2) is 36.7 Å². The first kappa shape index (κ1) is 8.94. The normalized spacial score (nSPS) is 9.75. The van der Waals surface area contributed by atoms with Crippen LogP contribution in [0.5, 0.6) is 0 Å². The van der Waals surface area contributed by atoms with E-state index < -0.39 is 0 Å². The van der Waals surface area contributed by atoms with Crippen LogP contribution < -0.4 is 5.32 Å². The Kier molecular flexibility index (Phi) is 3.48. The number of hydrogen-bond acceptors (Lipinski definition) is 2. The minimum Gasteiger partial charge on any atom is -0.309 e. The highest BCUT2D eigenvalue weighted by Crippen LogP contribution is 1.94. The van der Waals surface area contributed by atoms with Gasteiger partial charge in [0, 0.05) is 25.5 Å². The van der Waals surface area contributed by atoms with Gasteiger partial charge in [-0.15, -0.1) is 0 Å². The highest BCUT2D eigenvalue weighted by Gasteiger charge is 1.90. The van der Waals surface area contributed by atoms with Gasteiger partial charge in [0.05, 0.1) is 0 Å². The van der Waals surface area contributed by atoms with Gasteiger partial charge in [0.15, 0.2) is 0 Å². The van der Waals surface area contributed by atoms with Gasteiger partial charge >= 0.3 is 0 Å². The minimum atomic E-state index is 0.862. The molecule has 1 rings (SSSR count). The third kappa shape index (κ3) is 3.30. The lowest BCUT2D eigenvalue weighted by Gasteiger charge is -2.02. The van der Waals surface area contributed by atoms with Gasteiger partial charge in [-0.25, -0.2) is 0 Å². The summed E-state index contributed by atoms with van der Waals surface area (Å²) in [6.45, 7) is 7.55. The summed E-state index contributed by atoms with van der Waals surface area (Å²) in [5.74, 6) is 0. The Morgan fingerprint density at radius 1 is 1.67 bits per heavy atom. The molecule has 64 valence electrons. The molecule has 0 saturated carbocycles.